The molecule has 33 heavy (non-hydrogen) atoms. The predicted molar refractivity (Wildman–Crippen MR) is 135 cm³/mol. The number of nitrogens with zero attached hydrogens (tertiary/aromatic N) is 1. The predicted octanol–water partition coefficient (Wildman–Crippen LogP) is 6.36. The molecule has 0 aliphatic carbocycles. The van der Waals surface area contributed by atoms with E-state index in [0.717, 1.165) is 29.0 Å². The summed E-state index contributed by atoms with van der Waals surface area (Å²) in [6.07, 6.45) is 2.87. The molecule has 0 aliphatic heterocycles. The lowest BCUT2D eigenvalue weighted by Gasteiger charge is -2.34. The minimum atomic E-state index is -0.496. The fourth-order valence-electron chi connectivity index (χ4n) is 4.25. The van der Waals surface area contributed by atoms with Gasteiger partial charge in [-0.25, -0.2) is 4.79 Å². The van der Waals surface area contributed by atoms with Crippen molar-refractivity contribution in [2.45, 2.75) is 32.6 Å². The maximum absolute atomic E-state index is 13.3. The molecule has 4 heteroatoms. The van der Waals surface area contributed by atoms with Crippen molar-refractivity contribution in [3.8, 4) is 5.75 Å². The number of likely N-dealkylation sites (N-methyl/N-ethyl adjacent to an activating group) is 1. The first-order valence-electron chi connectivity index (χ1n) is 11.5. The van der Waals surface area contributed by atoms with Crippen molar-refractivity contribution in [1.82, 2.24) is 0 Å². The maximum atomic E-state index is 13.3. The monoisotopic (exact) mass is 443 g/mol. The molecule has 0 radical (unpaired) electrons. The summed E-state index contributed by atoms with van der Waals surface area (Å²) in [5.74, 6) is 0.438. The quantitative estimate of drug-likeness (QED) is 0.270. The first-order valence-corrected chi connectivity index (χ1v) is 11.5. The van der Waals surface area contributed by atoms with Gasteiger partial charge in [0.2, 0.25) is 0 Å². The van der Waals surface area contributed by atoms with Crippen LogP contribution in [0.2, 0.25) is 0 Å². The van der Waals surface area contributed by atoms with Crippen LogP contribution in [0.3, 0.4) is 0 Å². The smallest absolute Gasteiger partial charge is 0.354 e. The fourth-order valence-corrected chi connectivity index (χ4v) is 4.25. The normalized spacial score (nSPS) is 11.7. The van der Waals surface area contributed by atoms with Crippen LogP contribution in [0.1, 0.15) is 38.3 Å². The number of rotatable bonds is 10. The maximum Gasteiger partial charge on any atom is 0.354 e. The lowest BCUT2D eigenvalue weighted by atomic mass is 9.71. The zero-order chi connectivity index (χ0) is 23.7. The molecular weight excluding hydrogens is 410 g/mol. The number of carbonyl (C=O) groups excluding carboxylic acids is 1. The van der Waals surface area contributed by atoms with Gasteiger partial charge in [0.15, 0.2) is 0 Å². The Bertz CT molecular complexity index is 1000. The van der Waals surface area contributed by atoms with Gasteiger partial charge < -0.3 is 14.4 Å². The molecule has 0 spiro atoms. The number of hydrogen-bond acceptors (Lipinski definition) is 4. The van der Waals surface area contributed by atoms with Crippen molar-refractivity contribution < 1.29 is 14.3 Å². The van der Waals surface area contributed by atoms with E-state index in [4.69, 9.17) is 9.47 Å². The van der Waals surface area contributed by atoms with E-state index in [9.17, 15) is 4.79 Å². The van der Waals surface area contributed by atoms with E-state index in [2.05, 4.69) is 37.3 Å². The molecule has 172 valence electrons. The average molecular weight is 444 g/mol. The molecule has 0 bridgehead atoms. The van der Waals surface area contributed by atoms with E-state index < -0.39 is 5.41 Å². The molecule has 3 aromatic rings. The van der Waals surface area contributed by atoms with Gasteiger partial charge in [0.1, 0.15) is 11.4 Å². The van der Waals surface area contributed by atoms with Crippen LogP contribution in [0.5, 0.6) is 5.75 Å². The highest BCUT2D eigenvalue weighted by Crippen LogP contribution is 2.39. The summed E-state index contributed by atoms with van der Waals surface area (Å²) in [5, 5.41) is 0. The highest BCUT2D eigenvalue weighted by atomic mass is 16.5. The van der Waals surface area contributed by atoms with Crippen LogP contribution in [-0.2, 0) is 14.9 Å². The summed E-state index contributed by atoms with van der Waals surface area (Å²) in [6.45, 7) is 6.95. The Morgan fingerprint density at radius 1 is 0.848 bits per heavy atom. The largest absolute Gasteiger partial charge is 0.497 e. The van der Waals surface area contributed by atoms with Crippen molar-refractivity contribution in [2.75, 3.05) is 25.2 Å². The van der Waals surface area contributed by atoms with Crippen LogP contribution in [0.25, 0.3) is 0 Å². The van der Waals surface area contributed by atoms with Gasteiger partial charge in [-0.15, -0.1) is 0 Å². The van der Waals surface area contributed by atoms with Crippen LogP contribution in [0.15, 0.2) is 96.7 Å². The summed E-state index contributed by atoms with van der Waals surface area (Å²) in [6, 6.07) is 28.4. The SMILES string of the molecule is CCOC(=O)/C(=C/C(CC)(c1ccccc1)c1ccccc1)N(CC)c1ccc(OC)cc1. The Balaban J connectivity index is 2.25. The lowest BCUT2D eigenvalue weighted by molar-refractivity contribution is -0.138. The number of allylic oxidation sites excluding steroid dienone is 1. The topological polar surface area (TPSA) is 38.8 Å². The molecule has 0 aromatic heterocycles. The standard InChI is InChI=1S/C29H33NO3/c1-5-29(23-14-10-8-11-15-23,24-16-12-9-13-17-24)22-27(28(31)33-7-3)30(6-2)25-18-20-26(32-4)21-19-25/h8-22H,5-7H2,1-4H3/b27-22-. The van der Waals surface area contributed by atoms with Crippen LogP contribution < -0.4 is 9.64 Å². The molecule has 0 saturated carbocycles. The van der Waals surface area contributed by atoms with Crippen molar-refractivity contribution in [3.63, 3.8) is 0 Å². The molecule has 0 saturated heterocycles. The van der Waals surface area contributed by atoms with Crippen molar-refractivity contribution in [2.24, 2.45) is 0 Å². The highest BCUT2D eigenvalue weighted by Gasteiger charge is 2.34. The number of methoxy groups -OCH3 is 1. The van der Waals surface area contributed by atoms with E-state index in [1.807, 2.05) is 79.4 Å². The van der Waals surface area contributed by atoms with E-state index in [1.54, 1.807) is 7.11 Å². The number of benzene rings is 3. The van der Waals surface area contributed by atoms with Gasteiger partial charge >= 0.3 is 5.97 Å². The second-order valence-electron chi connectivity index (χ2n) is 7.75. The minimum absolute atomic E-state index is 0.312. The second kappa shape index (κ2) is 11.4. The third-order valence-corrected chi connectivity index (χ3v) is 5.99. The molecule has 3 rings (SSSR count). The van der Waals surface area contributed by atoms with Crippen molar-refractivity contribution in [1.29, 1.82) is 0 Å². The van der Waals surface area contributed by atoms with Crippen LogP contribution in [-0.4, -0.2) is 26.2 Å². The molecule has 0 amide bonds. The molecular formula is C29H33NO3. The zero-order valence-corrected chi connectivity index (χ0v) is 20.0. The van der Waals surface area contributed by atoms with Crippen LogP contribution >= 0.6 is 0 Å². The van der Waals surface area contributed by atoms with Gasteiger partial charge in [0.25, 0.3) is 0 Å². The molecule has 3 aromatic carbocycles. The summed E-state index contributed by atoms with van der Waals surface area (Å²) in [4.78, 5) is 15.3. The molecule has 0 unspecified atom stereocenters. The lowest BCUT2D eigenvalue weighted by Crippen LogP contribution is -2.33. The van der Waals surface area contributed by atoms with Gasteiger partial charge in [0, 0.05) is 17.6 Å². The summed E-state index contributed by atoms with van der Waals surface area (Å²) in [5.41, 5.74) is 3.20. The van der Waals surface area contributed by atoms with Crippen LogP contribution in [0, 0.1) is 0 Å². The molecule has 0 aliphatic rings. The van der Waals surface area contributed by atoms with Gasteiger partial charge in [0.05, 0.1) is 13.7 Å². The number of anilines is 1. The van der Waals surface area contributed by atoms with Gasteiger partial charge in [-0.05, 0) is 61.7 Å². The Hall–Kier alpha value is -3.53. The molecule has 0 atom stereocenters. The molecule has 0 heterocycles. The molecule has 4 nitrogen and oxygen atoms in total. The first-order chi connectivity index (χ1) is 16.1. The molecule has 0 N–H and O–H groups in total. The minimum Gasteiger partial charge on any atom is -0.497 e. The second-order valence-corrected chi connectivity index (χ2v) is 7.75. The number of hydrogen-bond donors (Lipinski definition) is 0. The number of carbonyl (C=O) groups is 1. The van der Waals surface area contributed by atoms with E-state index in [0.29, 0.717) is 18.8 Å². The van der Waals surface area contributed by atoms with Crippen molar-refractivity contribution >= 4 is 11.7 Å². The highest BCUT2D eigenvalue weighted by molar-refractivity contribution is 5.93. The van der Waals surface area contributed by atoms with E-state index in [1.165, 1.54) is 0 Å². The van der Waals surface area contributed by atoms with Gasteiger partial charge in [-0.1, -0.05) is 67.6 Å². The zero-order valence-electron chi connectivity index (χ0n) is 20.0. The number of esters is 1. The Morgan fingerprint density at radius 3 is 1.82 bits per heavy atom. The van der Waals surface area contributed by atoms with E-state index in [-0.39, 0.29) is 5.97 Å². The third kappa shape index (κ3) is 5.28. The average Bonchev–Trinajstić information content (AvgIpc) is 2.88. The van der Waals surface area contributed by atoms with E-state index >= 15 is 0 Å². The number of ether oxygens (including phenoxy) is 2. The third-order valence-electron chi connectivity index (χ3n) is 5.99. The fraction of sp³-hybridized carbons (Fsp3) is 0.276. The van der Waals surface area contributed by atoms with Gasteiger partial charge in [-0.3, -0.25) is 0 Å². The summed E-state index contributed by atoms with van der Waals surface area (Å²) < 4.78 is 10.9. The summed E-state index contributed by atoms with van der Waals surface area (Å²) in [7, 11) is 1.64. The van der Waals surface area contributed by atoms with Gasteiger partial charge in [-0.2, -0.15) is 0 Å². The Morgan fingerprint density at radius 2 is 1.39 bits per heavy atom. The molecule has 0 fully saturated rings. The van der Waals surface area contributed by atoms with Crippen molar-refractivity contribution in [3.05, 3.63) is 108 Å². The Kier molecular flexibility index (Phi) is 8.31. The summed E-state index contributed by atoms with van der Waals surface area (Å²) >= 11 is 0. The Labute approximate surface area is 197 Å². The van der Waals surface area contributed by atoms with Crippen LogP contribution in [0.4, 0.5) is 5.69 Å². The first kappa shape index (κ1) is 24.1.